The molecule has 2 saturated heterocycles. The van der Waals surface area contributed by atoms with Gasteiger partial charge in [0.25, 0.3) is 0 Å². The summed E-state index contributed by atoms with van der Waals surface area (Å²) in [6, 6.07) is 21.2. The van der Waals surface area contributed by atoms with Crippen LogP contribution in [0.15, 0.2) is 84.9 Å². The van der Waals surface area contributed by atoms with Crippen LogP contribution in [-0.2, 0) is 38.4 Å². The van der Waals surface area contributed by atoms with E-state index in [0.29, 0.717) is 24.9 Å². The summed E-state index contributed by atoms with van der Waals surface area (Å²) < 4.78 is 0. The van der Waals surface area contributed by atoms with Crippen molar-refractivity contribution >= 4 is 29.5 Å². The molecule has 3 aromatic carbocycles. The Balaban J connectivity index is 1.52. The molecule has 3 aromatic rings. The van der Waals surface area contributed by atoms with Gasteiger partial charge < -0.3 is 26.6 Å². The predicted octanol–water partition coefficient (Wildman–Crippen LogP) is 1.27. The Morgan fingerprint density at radius 1 is 0.674 bits per heavy atom. The second-order valence-electron chi connectivity index (χ2n) is 11.0. The highest BCUT2D eigenvalue weighted by molar-refractivity contribution is 5.99. The zero-order valence-corrected chi connectivity index (χ0v) is 23.7. The SMILES string of the molecule is NC(=O)c1ccccc1C[C@H]1NC(=O)[C@H](Cc2ccccc2)NC(=O)[C@H]2CCCN2C(=O)[C@H](Cc2ccccc2)NC1=O. The first-order valence-corrected chi connectivity index (χ1v) is 14.5. The molecule has 2 heterocycles. The number of nitrogens with two attached hydrogens (primary N) is 1. The first kappa shape index (κ1) is 29.5. The lowest BCUT2D eigenvalue weighted by molar-refractivity contribution is -0.143. The van der Waals surface area contributed by atoms with Crippen LogP contribution in [0, 0.1) is 0 Å². The van der Waals surface area contributed by atoms with Crippen LogP contribution < -0.4 is 21.7 Å². The summed E-state index contributed by atoms with van der Waals surface area (Å²) in [7, 11) is 0. The number of hydrogen-bond donors (Lipinski definition) is 4. The standard InChI is InChI=1S/C33H35N5O5/c34-29(39)24-15-8-7-14-23(24)20-26-31(41)37-27(19-22-12-5-2-6-13-22)33(43)38-17-9-16-28(38)32(42)36-25(30(40)35-26)18-21-10-3-1-4-11-21/h1-8,10-15,25-28H,9,16-20H2,(H2,34,39)(H,35,40)(H,36,42)(H,37,41)/t25-,26+,27-,28+/m0/s1. The van der Waals surface area contributed by atoms with E-state index in [0.717, 1.165) is 11.1 Å². The van der Waals surface area contributed by atoms with Crippen LogP contribution in [0.5, 0.6) is 0 Å². The summed E-state index contributed by atoms with van der Waals surface area (Å²) in [5, 5.41) is 8.55. The molecule has 2 fully saturated rings. The molecule has 0 aromatic heterocycles. The zero-order valence-electron chi connectivity index (χ0n) is 23.7. The van der Waals surface area contributed by atoms with Gasteiger partial charge in [0.1, 0.15) is 24.2 Å². The third-order valence-corrected chi connectivity index (χ3v) is 7.99. The number of carbonyl (C=O) groups excluding carboxylic acids is 5. The molecule has 0 saturated carbocycles. The molecular weight excluding hydrogens is 546 g/mol. The van der Waals surface area contributed by atoms with Gasteiger partial charge in [-0.25, -0.2) is 0 Å². The topological polar surface area (TPSA) is 151 Å². The van der Waals surface area contributed by atoms with Crippen LogP contribution in [0.1, 0.15) is 39.9 Å². The van der Waals surface area contributed by atoms with Gasteiger partial charge in [-0.1, -0.05) is 78.9 Å². The number of nitrogens with zero attached hydrogens (tertiary/aromatic N) is 1. The summed E-state index contributed by atoms with van der Waals surface area (Å²) in [5.74, 6) is -2.57. The number of nitrogens with one attached hydrogen (secondary N) is 3. The Labute approximate surface area is 250 Å². The minimum absolute atomic E-state index is 0.0543. The number of amides is 5. The number of carbonyl (C=O) groups is 5. The van der Waals surface area contributed by atoms with E-state index in [1.54, 1.807) is 24.3 Å². The van der Waals surface area contributed by atoms with Crippen molar-refractivity contribution in [1.29, 1.82) is 0 Å². The van der Waals surface area contributed by atoms with Crippen molar-refractivity contribution in [3.8, 4) is 0 Å². The molecule has 0 unspecified atom stereocenters. The molecule has 5 rings (SSSR count). The summed E-state index contributed by atoms with van der Waals surface area (Å²) in [6.45, 7) is 0.364. The van der Waals surface area contributed by atoms with Crippen LogP contribution in [0.3, 0.4) is 0 Å². The molecule has 2 aliphatic heterocycles. The fraction of sp³-hybridized carbons (Fsp3) is 0.303. The van der Waals surface area contributed by atoms with Gasteiger partial charge in [-0.05, 0) is 35.6 Å². The molecular formula is C33H35N5O5. The van der Waals surface area contributed by atoms with Crippen LogP contribution in [0.2, 0.25) is 0 Å². The van der Waals surface area contributed by atoms with E-state index in [1.165, 1.54) is 4.90 Å². The maximum Gasteiger partial charge on any atom is 0.248 e. The summed E-state index contributed by atoms with van der Waals surface area (Å²) in [6.07, 6.45) is 1.41. The molecule has 10 nitrogen and oxygen atoms in total. The van der Waals surface area contributed by atoms with Crippen LogP contribution in [0.4, 0.5) is 0 Å². The maximum atomic E-state index is 14.0. The lowest BCUT2D eigenvalue weighted by Gasteiger charge is -2.32. The van der Waals surface area contributed by atoms with Crippen molar-refractivity contribution in [3.05, 3.63) is 107 Å². The number of benzene rings is 3. The molecule has 4 atom stereocenters. The lowest BCUT2D eigenvalue weighted by atomic mass is 9.97. The van der Waals surface area contributed by atoms with E-state index in [-0.39, 0.29) is 30.7 Å². The van der Waals surface area contributed by atoms with Gasteiger partial charge >= 0.3 is 0 Å². The first-order valence-electron chi connectivity index (χ1n) is 14.5. The van der Waals surface area contributed by atoms with Gasteiger partial charge in [0.2, 0.25) is 29.5 Å². The quantitative estimate of drug-likeness (QED) is 0.331. The van der Waals surface area contributed by atoms with Crippen molar-refractivity contribution < 1.29 is 24.0 Å². The van der Waals surface area contributed by atoms with Gasteiger partial charge in [-0.2, -0.15) is 0 Å². The van der Waals surface area contributed by atoms with Gasteiger partial charge in [0.15, 0.2) is 0 Å². The molecule has 222 valence electrons. The van der Waals surface area contributed by atoms with E-state index >= 15 is 0 Å². The second kappa shape index (κ2) is 13.3. The molecule has 0 bridgehead atoms. The van der Waals surface area contributed by atoms with Crippen molar-refractivity contribution in [2.75, 3.05) is 6.54 Å². The fourth-order valence-corrected chi connectivity index (χ4v) is 5.79. The predicted molar refractivity (Wildman–Crippen MR) is 159 cm³/mol. The Morgan fingerprint density at radius 2 is 1.19 bits per heavy atom. The van der Waals surface area contributed by atoms with Crippen molar-refractivity contribution in [3.63, 3.8) is 0 Å². The zero-order chi connectivity index (χ0) is 30.3. The first-order chi connectivity index (χ1) is 20.8. The Hall–Kier alpha value is -4.99. The lowest BCUT2D eigenvalue weighted by Crippen LogP contribution is -2.62. The summed E-state index contributed by atoms with van der Waals surface area (Å²) >= 11 is 0. The van der Waals surface area contributed by atoms with E-state index in [4.69, 9.17) is 5.73 Å². The minimum Gasteiger partial charge on any atom is -0.366 e. The minimum atomic E-state index is -1.16. The monoisotopic (exact) mass is 581 g/mol. The molecule has 0 aliphatic carbocycles. The summed E-state index contributed by atoms with van der Waals surface area (Å²) in [4.78, 5) is 69.0. The number of hydrogen-bond acceptors (Lipinski definition) is 5. The molecule has 5 N–H and O–H groups in total. The molecule has 10 heteroatoms. The molecule has 0 spiro atoms. The average Bonchev–Trinajstić information content (AvgIpc) is 3.51. The van der Waals surface area contributed by atoms with Crippen LogP contribution >= 0.6 is 0 Å². The molecule has 5 amide bonds. The normalized spacial score (nSPS) is 22.8. The second-order valence-corrected chi connectivity index (χ2v) is 11.0. The number of fused-ring (bicyclic) bond motifs is 1. The maximum absolute atomic E-state index is 14.0. The van der Waals surface area contributed by atoms with Gasteiger partial charge in [-0.3, -0.25) is 24.0 Å². The summed E-state index contributed by atoms with van der Waals surface area (Å²) in [5.41, 5.74) is 7.94. The highest BCUT2D eigenvalue weighted by atomic mass is 16.2. The number of primary amides is 1. The van der Waals surface area contributed by atoms with Gasteiger partial charge in [0.05, 0.1) is 0 Å². The van der Waals surface area contributed by atoms with Crippen molar-refractivity contribution in [2.45, 2.75) is 56.3 Å². The Bertz CT molecular complexity index is 1500. The third-order valence-electron chi connectivity index (χ3n) is 7.99. The highest BCUT2D eigenvalue weighted by Crippen LogP contribution is 2.21. The van der Waals surface area contributed by atoms with E-state index in [2.05, 4.69) is 16.0 Å². The van der Waals surface area contributed by atoms with E-state index < -0.39 is 47.8 Å². The molecule has 43 heavy (non-hydrogen) atoms. The van der Waals surface area contributed by atoms with Crippen molar-refractivity contribution in [2.24, 2.45) is 5.73 Å². The molecule has 2 aliphatic rings. The average molecular weight is 582 g/mol. The van der Waals surface area contributed by atoms with E-state index in [1.807, 2.05) is 60.7 Å². The van der Waals surface area contributed by atoms with Crippen LogP contribution in [-0.4, -0.2) is 65.1 Å². The third kappa shape index (κ3) is 7.09. The fourth-order valence-electron chi connectivity index (χ4n) is 5.79. The van der Waals surface area contributed by atoms with Gasteiger partial charge in [-0.15, -0.1) is 0 Å². The molecule has 0 radical (unpaired) electrons. The van der Waals surface area contributed by atoms with Gasteiger partial charge in [0, 0.05) is 31.4 Å². The smallest absolute Gasteiger partial charge is 0.248 e. The Morgan fingerprint density at radius 3 is 1.81 bits per heavy atom. The van der Waals surface area contributed by atoms with Crippen LogP contribution in [0.25, 0.3) is 0 Å². The number of rotatable bonds is 7. The van der Waals surface area contributed by atoms with Crippen molar-refractivity contribution in [1.82, 2.24) is 20.9 Å². The van der Waals surface area contributed by atoms with E-state index in [9.17, 15) is 24.0 Å². The largest absolute Gasteiger partial charge is 0.366 e. The highest BCUT2D eigenvalue weighted by Gasteiger charge is 2.40. The Kier molecular flexibility index (Phi) is 9.14.